The minimum absolute atomic E-state index is 0. The average molecular weight is 556 g/mol. The van der Waals surface area contributed by atoms with Gasteiger partial charge in [0.25, 0.3) is 0 Å². The van der Waals surface area contributed by atoms with Crippen LogP contribution in [0.3, 0.4) is 0 Å². The molecule has 40 heavy (non-hydrogen) atoms. The first-order valence-electron chi connectivity index (χ1n) is 12.7. The molecule has 0 fully saturated rings. The number of hydrogen-bond acceptors (Lipinski definition) is 7. The second kappa shape index (κ2) is 13.5. The first kappa shape index (κ1) is 31.4. The minimum Gasteiger partial charge on any atom is -0.550 e. The SMILES string of the molecule is COc1ccc(-n2nc(C)c3c(-c4ccc(F)cc4)c(/C=C/[C@@H](O)C[C@@H](O)CC(=O)[O-])c(C(C)C)nc32)cc1.[Na+]. The zero-order valence-electron chi connectivity index (χ0n) is 23.3. The Bertz CT molecular complexity index is 1500. The number of pyridine rings is 1. The molecule has 0 bridgehead atoms. The Balaban J connectivity index is 0.00000441. The number of aliphatic hydroxyl groups excluding tert-OH is 2. The second-order valence-electron chi connectivity index (χ2n) is 9.73. The van der Waals surface area contributed by atoms with E-state index in [-0.39, 0.29) is 47.7 Å². The van der Waals surface area contributed by atoms with Crippen LogP contribution in [0.2, 0.25) is 0 Å². The Morgan fingerprint density at radius 2 is 1.77 bits per heavy atom. The Labute approximate surface area is 254 Å². The maximum absolute atomic E-state index is 13.9. The van der Waals surface area contributed by atoms with Crippen LogP contribution in [0.15, 0.2) is 54.6 Å². The van der Waals surface area contributed by atoms with Crippen molar-refractivity contribution in [2.75, 3.05) is 7.11 Å². The molecule has 204 valence electrons. The molecule has 2 aromatic carbocycles. The number of benzene rings is 2. The van der Waals surface area contributed by atoms with Gasteiger partial charge in [0.2, 0.25) is 0 Å². The molecule has 0 aliphatic heterocycles. The van der Waals surface area contributed by atoms with E-state index in [0.29, 0.717) is 17.1 Å². The summed E-state index contributed by atoms with van der Waals surface area (Å²) in [6.07, 6.45) is 0.128. The van der Waals surface area contributed by atoms with E-state index in [1.165, 1.54) is 18.2 Å². The number of carbonyl (C=O) groups excluding carboxylic acids is 1. The summed E-state index contributed by atoms with van der Waals surface area (Å²) < 4.78 is 21.0. The molecule has 2 aromatic heterocycles. The molecular formula is C30H31FN3NaO5. The number of methoxy groups -OCH3 is 1. The number of hydrogen-bond donors (Lipinski definition) is 2. The zero-order chi connectivity index (χ0) is 28.3. The standard InChI is InChI=1S/C30H32FN3O5.Na/c1-17(2)29-25(14-11-22(35)15-23(36)16-26(37)38)28(19-5-7-20(31)8-6-19)27-18(3)33-34(30(27)32-29)21-9-12-24(39-4)13-10-21;/h5-14,17,22-23,35-36H,15-16H2,1-4H3,(H,37,38);/q;+1/p-1/b14-11+;/t22-,23-;/m1./s1. The molecular weight excluding hydrogens is 524 g/mol. The van der Waals surface area contributed by atoms with E-state index >= 15 is 0 Å². The smallest absolute Gasteiger partial charge is 0.550 e. The van der Waals surface area contributed by atoms with Gasteiger partial charge in [0.05, 0.1) is 41.8 Å². The molecule has 0 unspecified atom stereocenters. The van der Waals surface area contributed by atoms with Gasteiger partial charge in [0, 0.05) is 29.9 Å². The van der Waals surface area contributed by atoms with Crippen molar-refractivity contribution in [3.8, 4) is 22.6 Å². The molecule has 0 radical (unpaired) electrons. The van der Waals surface area contributed by atoms with E-state index in [1.54, 1.807) is 30.0 Å². The molecule has 4 rings (SSSR count). The molecule has 2 heterocycles. The summed E-state index contributed by atoms with van der Waals surface area (Å²) in [5, 5.41) is 36.8. The summed E-state index contributed by atoms with van der Waals surface area (Å²) in [6, 6.07) is 13.6. The van der Waals surface area contributed by atoms with E-state index in [9.17, 15) is 24.5 Å². The Kier molecular flexibility index (Phi) is 10.6. The number of rotatable bonds is 10. The van der Waals surface area contributed by atoms with E-state index in [1.807, 2.05) is 45.0 Å². The monoisotopic (exact) mass is 555 g/mol. The van der Waals surface area contributed by atoms with E-state index in [0.717, 1.165) is 33.5 Å². The van der Waals surface area contributed by atoms with Crippen LogP contribution in [0.5, 0.6) is 5.75 Å². The van der Waals surface area contributed by atoms with Crippen molar-refractivity contribution in [3.63, 3.8) is 0 Å². The van der Waals surface area contributed by atoms with Gasteiger partial charge < -0.3 is 24.9 Å². The third-order valence-electron chi connectivity index (χ3n) is 6.46. The normalized spacial score (nSPS) is 13.0. The Morgan fingerprint density at radius 1 is 1.12 bits per heavy atom. The molecule has 4 aromatic rings. The molecule has 10 heteroatoms. The quantitative estimate of drug-likeness (QED) is 0.280. The number of fused-ring (bicyclic) bond motifs is 1. The van der Waals surface area contributed by atoms with Crippen LogP contribution in [0.25, 0.3) is 33.9 Å². The number of aryl methyl sites for hydroxylation is 1. The molecule has 0 aliphatic rings. The van der Waals surface area contributed by atoms with Gasteiger partial charge in [-0.2, -0.15) is 5.10 Å². The maximum Gasteiger partial charge on any atom is 1.00 e. The fourth-order valence-corrected chi connectivity index (χ4v) is 4.62. The first-order chi connectivity index (χ1) is 18.6. The van der Waals surface area contributed by atoms with E-state index in [4.69, 9.17) is 14.8 Å². The minimum atomic E-state index is -1.39. The van der Waals surface area contributed by atoms with Crippen LogP contribution >= 0.6 is 0 Å². The number of ether oxygens (including phenoxy) is 1. The average Bonchev–Trinajstić information content (AvgIpc) is 3.22. The van der Waals surface area contributed by atoms with Gasteiger partial charge in [-0.05, 0) is 54.8 Å². The van der Waals surface area contributed by atoms with E-state index < -0.39 is 24.6 Å². The van der Waals surface area contributed by atoms with Crippen LogP contribution in [-0.4, -0.2) is 50.3 Å². The molecule has 0 saturated heterocycles. The summed E-state index contributed by atoms with van der Waals surface area (Å²) in [5.41, 5.74) is 5.10. The van der Waals surface area contributed by atoms with Crippen molar-refractivity contribution in [2.24, 2.45) is 0 Å². The third kappa shape index (κ3) is 6.97. The summed E-state index contributed by atoms with van der Waals surface area (Å²) in [7, 11) is 1.60. The van der Waals surface area contributed by atoms with Gasteiger partial charge >= 0.3 is 29.6 Å². The second-order valence-corrected chi connectivity index (χ2v) is 9.73. The summed E-state index contributed by atoms with van der Waals surface area (Å²) in [4.78, 5) is 15.8. The zero-order valence-corrected chi connectivity index (χ0v) is 25.3. The largest absolute Gasteiger partial charge is 1.00 e. The summed E-state index contributed by atoms with van der Waals surface area (Å²) in [6.45, 7) is 5.88. The molecule has 2 N–H and O–H groups in total. The molecule has 0 amide bonds. The van der Waals surface area contributed by atoms with E-state index in [2.05, 4.69) is 0 Å². The molecule has 0 spiro atoms. The number of carbonyl (C=O) groups is 1. The predicted octanol–water partition coefficient (Wildman–Crippen LogP) is 0.936. The van der Waals surface area contributed by atoms with Gasteiger partial charge in [-0.3, -0.25) is 0 Å². The number of carboxylic acids is 1. The Hall–Kier alpha value is -3.08. The van der Waals surface area contributed by atoms with Gasteiger partial charge in [-0.15, -0.1) is 0 Å². The number of aromatic nitrogens is 3. The number of carboxylic acid groups (broad SMARTS) is 1. The van der Waals surface area contributed by atoms with Crippen molar-refractivity contribution in [1.82, 2.24) is 14.8 Å². The molecule has 0 aliphatic carbocycles. The molecule has 8 nitrogen and oxygen atoms in total. The van der Waals surface area contributed by atoms with Crippen molar-refractivity contribution < 1.29 is 58.8 Å². The summed E-state index contributed by atoms with van der Waals surface area (Å²) >= 11 is 0. The van der Waals surface area contributed by atoms with Crippen molar-refractivity contribution in [3.05, 3.63) is 77.4 Å². The van der Waals surface area contributed by atoms with Crippen LogP contribution in [0.1, 0.15) is 49.6 Å². The predicted molar refractivity (Wildman–Crippen MR) is 145 cm³/mol. The fourth-order valence-electron chi connectivity index (χ4n) is 4.62. The summed E-state index contributed by atoms with van der Waals surface area (Å²) in [5.74, 6) is -1.08. The number of aliphatic carboxylic acids is 1. The fraction of sp³-hybridized carbons (Fsp3) is 0.300. The van der Waals surface area contributed by atoms with Crippen molar-refractivity contribution >= 4 is 23.1 Å². The number of halogens is 1. The van der Waals surface area contributed by atoms with Crippen LogP contribution in [-0.2, 0) is 4.79 Å². The Morgan fingerprint density at radius 3 is 2.35 bits per heavy atom. The first-order valence-corrected chi connectivity index (χ1v) is 12.7. The van der Waals surface area contributed by atoms with Crippen molar-refractivity contribution in [2.45, 2.75) is 51.7 Å². The number of aliphatic hydroxyl groups is 2. The van der Waals surface area contributed by atoms with Gasteiger partial charge in [-0.1, -0.05) is 38.1 Å². The topological polar surface area (TPSA) is 121 Å². The maximum atomic E-state index is 13.9. The van der Waals surface area contributed by atoms with Gasteiger partial charge in [0.15, 0.2) is 5.65 Å². The van der Waals surface area contributed by atoms with Gasteiger partial charge in [0.1, 0.15) is 11.6 Å². The van der Waals surface area contributed by atoms with Crippen LogP contribution < -0.4 is 39.4 Å². The molecule has 2 atom stereocenters. The van der Waals surface area contributed by atoms with Crippen LogP contribution in [0.4, 0.5) is 4.39 Å². The third-order valence-corrected chi connectivity index (χ3v) is 6.46. The van der Waals surface area contributed by atoms with Crippen LogP contribution in [0, 0.1) is 12.7 Å². The number of nitrogens with zero attached hydrogens (tertiary/aromatic N) is 3. The molecule has 0 saturated carbocycles. The van der Waals surface area contributed by atoms with Crippen molar-refractivity contribution in [1.29, 1.82) is 0 Å². The van der Waals surface area contributed by atoms with Gasteiger partial charge in [-0.25, -0.2) is 14.1 Å².